The molecule has 0 atom stereocenters. The lowest BCUT2D eigenvalue weighted by Crippen LogP contribution is -2.40. The molecule has 0 aliphatic carbocycles. The first-order valence-corrected chi connectivity index (χ1v) is 9.38. The van der Waals surface area contributed by atoms with Crippen molar-refractivity contribution in [2.24, 2.45) is 14.1 Å². The maximum atomic E-state index is 12.7. The molecule has 2 N–H and O–H groups in total. The summed E-state index contributed by atoms with van der Waals surface area (Å²) in [7, 11) is 2.54. The second-order valence-electron chi connectivity index (χ2n) is 6.79. The van der Waals surface area contributed by atoms with Crippen LogP contribution in [0.1, 0.15) is 16.7 Å². The summed E-state index contributed by atoms with van der Waals surface area (Å²) in [5, 5.41) is 28.9. The fourth-order valence-corrected chi connectivity index (χ4v) is 3.11. The normalized spacial score (nSPS) is 11.8. The Labute approximate surface area is 178 Å². The molecule has 7 heteroatoms. The number of aromatic nitrogens is 2. The Kier molecular flexibility index (Phi) is 6.13. The van der Waals surface area contributed by atoms with E-state index in [0.29, 0.717) is 11.1 Å². The molecule has 0 saturated carbocycles. The van der Waals surface area contributed by atoms with Gasteiger partial charge in [-0.15, -0.1) is 0 Å². The maximum absolute atomic E-state index is 12.7. The van der Waals surface area contributed by atoms with Gasteiger partial charge in [-0.05, 0) is 11.1 Å². The van der Waals surface area contributed by atoms with Crippen LogP contribution in [0.4, 0.5) is 0 Å². The van der Waals surface area contributed by atoms with Gasteiger partial charge in [0.2, 0.25) is 5.88 Å². The number of nitrogens with zero attached hydrogens (tertiary/aromatic N) is 3. The summed E-state index contributed by atoms with van der Waals surface area (Å²) in [6, 6.07) is 20.4. The van der Waals surface area contributed by atoms with E-state index in [1.807, 2.05) is 42.5 Å². The number of hydrogen-bond donors (Lipinski definition) is 2. The summed E-state index contributed by atoms with van der Waals surface area (Å²) in [4.78, 5) is 24.7. The minimum Gasteiger partial charge on any atom is -0.494 e. The van der Waals surface area contributed by atoms with Crippen LogP contribution < -0.4 is 11.2 Å². The average Bonchev–Trinajstić information content (AvgIpc) is 2.80. The predicted octanol–water partition coefficient (Wildman–Crippen LogP) is 2.85. The Bertz CT molecular complexity index is 1360. The second kappa shape index (κ2) is 8.93. The molecular weight excluding hydrogens is 392 g/mol. The quantitative estimate of drug-likeness (QED) is 0.381. The van der Waals surface area contributed by atoms with Crippen molar-refractivity contribution in [3.8, 4) is 11.9 Å². The Morgan fingerprint density at radius 3 is 2.16 bits per heavy atom. The third-order valence-corrected chi connectivity index (χ3v) is 4.84. The van der Waals surface area contributed by atoms with Crippen molar-refractivity contribution in [3.63, 3.8) is 0 Å². The first-order valence-electron chi connectivity index (χ1n) is 9.38. The number of rotatable bonds is 5. The van der Waals surface area contributed by atoms with E-state index in [4.69, 9.17) is 5.41 Å². The van der Waals surface area contributed by atoms with Gasteiger partial charge in [0, 0.05) is 19.7 Å². The van der Waals surface area contributed by atoms with Crippen molar-refractivity contribution in [1.82, 2.24) is 9.13 Å². The van der Waals surface area contributed by atoms with Gasteiger partial charge >= 0.3 is 5.69 Å². The summed E-state index contributed by atoms with van der Waals surface area (Å²) in [6.45, 7) is 0. The summed E-state index contributed by atoms with van der Waals surface area (Å²) in [5.41, 5.74) is -0.600. The number of nitriles is 1. The second-order valence-corrected chi connectivity index (χ2v) is 6.79. The lowest BCUT2D eigenvalue weighted by Gasteiger charge is -2.13. The lowest BCUT2D eigenvalue weighted by atomic mass is 9.94. The highest BCUT2D eigenvalue weighted by molar-refractivity contribution is 6.19. The average molecular weight is 412 g/mol. The molecule has 0 aliphatic rings. The van der Waals surface area contributed by atoms with Gasteiger partial charge in [-0.2, -0.15) is 5.26 Å². The Hall–Kier alpha value is -4.44. The molecule has 1 heterocycles. The number of aromatic hydroxyl groups is 1. The Morgan fingerprint density at radius 2 is 1.58 bits per heavy atom. The minimum atomic E-state index is -0.849. The van der Waals surface area contributed by atoms with Crippen LogP contribution in [-0.2, 0) is 14.1 Å². The van der Waals surface area contributed by atoms with Crippen molar-refractivity contribution in [2.45, 2.75) is 0 Å². The largest absolute Gasteiger partial charge is 0.494 e. The highest BCUT2D eigenvalue weighted by atomic mass is 16.3. The summed E-state index contributed by atoms with van der Waals surface area (Å²) in [6.07, 6.45) is 3.49. The smallest absolute Gasteiger partial charge is 0.333 e. The fourth-order valence-electron chi connectivity index (χ4n) is 3.11. The summed E-state index contributed by atoms with van der Waals surface area (Å²) in [5.74, 6) is -0.662. The fraction of sp³-hybridized carbons (Fsp3) is 0.0833. The first-order chi connectivity index (χ1) is 14.9. The third kappa shape index (κ3) is 4.14. The third-order valence-electron chi connectivity index (χ3n) is 4.84. The van der Waals surface area contributed by atoms with Gasteiger partial charge in [0.25, 0.3) is 5.56 Å². The van der Waals surface area contributed by atoms with E-state index in [-0.39, 0.29) is 5.57 Å². The van der Waals surface area contributed by atoms with E-state index >= 15 is 0 Å². The van der Waals surface area contributed by atoms with Crippen LogP contribution in [0, 0.1) is 16.7 Å². The van der Waals surface area contributed by atoms with E-state index in [9.17, 15) is 20.0 Å². The zero-order valence-electron chi connectivity index (χ0n) is 17.0. The highest BCUT2D eigenvalue weighted by Gasteiger charge is 2.23. The van der Waals surface area contributed by atoms with E-state index < -0.39 is 28.4 Å². The van der Waals surface area contributed by atoms with Gasteiger partial charge in [0.05, 0.1) is 11.3 Å². The van der Waals surface area contributed by atoms with E-state index in [1.165, 1.54) is 14.1 Å². The molecule has 2 aromatic carbocycles. The van der Waals surface area contributed by atoms with Crippen molar-refractivity contribution >= 4 is 17.4 Å². The molecule has 0 saturated heterocycles. The molecular formula is C24H20N4O3. The maximum Gasteiger partial charge on any atom is 0.333 e. The molecule has 0 spiro atoms. The van der Waals surface area contributed by atoms with Crippen molar-refractivity contribution < 1.29 is 5.11 Å². The van der Waals surface area contributed by atoms with E-state index in [0.717, 1.165) is 14.7 Å². The Morgan fingerprint density at radius 1 is 1.00 bits per heavy atom. The van der Waals surface area contributed by atoms with Crippen LogP contribution >= 0.6 is 0 Å². The predicted molar refractivity (Wildman–Crippen MR) is 120 cm³/mol. The molecule has 0 aliphatic heterocycles. The van der Waals surface area contributed by atoms with E-state index in [1.54, 1.807) is 36.4 Å². The molecule has 31 heavy (non-hydrogen) atoms. The SMILES string of the molecule is Cn1c(O)c(C(=N)C(C#N)=C(C=Cc2ccccc2)c2ccccc2)c(=O)n(C)c1=O. The van der Waals surface area contributed by atoms with Crippen molar-refractivity contribution in [1.29, 1.82) is 10.7 Å². The highest BCUT2D eigenvalue weighted by Crippen LogP contribution is 2.25. The zero-order chi connectivity index (χ0) is 22.5. The van der Waals surface area contributed by atoms with Crippen LogP contribution in [0.25, 0.3) is 11.6 Å². The van der Waals surface area contributed by atoms with Crippen molar-refractivity contribution in [3.05, 3.63) is 110 Å². The number of nitrogens with one attached hydrogen (secondary N) is 1. The van der Waals surface area contributed by atoms with Crippen LogP contribution in [0.5, 0.6) is 5.88 Å². The van der Waals surface area contributed by atoms with Crippen LogP contribution in [0.2, 0.25) is 0 Å². The van der Waals surface area contributed by atoms with Crippen LogP contribution in [-0.4, -0.2) is 20.0 Å². The first kappa shape index (κ1) is 21.3. The van der Waals surface area contributed by atoms with Gasteiger partial charge in [0.1, 0.15) is 11.6 Å². The molecule has 0 bridgehead atoms. The molecule has 3 rings (SSSR count). The Balaban J connectivity index is 2.28. The molecule has 154 valence electrons. The molecule has 7 nitrogen and oxygen atoms in total. The molecule has 1 aromatic heterocycles. The van der Waals surface area contributed by atoms with Gasteiger partial charge in [-0.3, -0.25) is 19.3 Å². The number of hydrogen-bond acceptors (Lipinski definition) is 5. The van der Waals surface area contributed by atoms with Gasteiger partial charge in [0.15, 0.2) is 0 Å². The number of benzene rings is 2. The molecule has 0 fully saturated rings. The van der Waals surface area contributed by atoms with Gasteiger partial charge in [-0.1, -0.05) is 72.8 Å². The van der Waals surface area contributed by atoms with E-state index in [2.05, 4.69) is 0 Å². The molecule has 3 aromatic rings. The van der Waals surface area contributed by atoms with Crippen molar-refractivity contribution in [2.75, 3.05) is 0 Å². The summed E-state index contributed by atoms with van der Waals surface area (Å²) >= 11 is 0. The van der Waals surface area contributed by atoms with Gasteiger partial charge in [-0.25, -0.2) is 4.79 Å². The standard InChI is InChI=1S/C24H20N4O3/c1-27-22(29)20(23(30)28(2)24(27)31)21(26)19(15-25)18(17-11-7-4-8-12-17)14-13-16-9-5-3-6-10-16/h3-14,26,29H,1-2H3. The molecule has 0 amide bonds. The zero-order valence-corrected chi connectivity index (χ0v) is 17.0. The van der Waals surface area contributed by atoms with Gasteiger partial charge < -0.3 is 5.11 Å². The summed E-state index contributed by atoms with van der Waals surface area (Å²) < 4.78 is 1.66. The topological polar surface area (TPSA) is 112 Å². The van der Waals surface area contributed by atoms with Crippen LogP contribution in [0.15, 0.2) is 81.9 Å². The lowest BCUT2D eigenvalue weighted by molar-refractivity contribution is 0.410. The minimum absolute atomic E-state index is 0.107. The monoisotopic (exact) mass is 412 g/mol. The molecule has 0 radical (unpaired) electrons. The number of allylic oxidation sites excluding steroid dienone is 3. The molecule has 0 unspecified atom stereocenters. The van der Waals surface area contributed by atoms with Crippen LogP contribution in [0.3, 0.4) is 0 Å².